The van der Waals surface area contributed by atoms with Crippen molar-refractivity contribution in [1.82, 2.24) is 5.32 Å². The number of carbonyl (C=O) groups excluding carboxylic acids is 1. The average molecular weight is 327 g/mol. The molecule has 126 valence electrons. The summed E-state index contributed by atoms with van der Waals surface area (Å²) in [5, 5.41) is 12.4. The van der Waals surface area contributed by atoms with E-state index in [1.165, 1.54) is 19.3 Å². The third-order valence-corrected chi connectivity index (χ3v) is 3.52. The SMILES string of the molecule is COc1cc(/C=C/C(=O)NCCc2ccccc2OC)ccc1O. The Labute approximate surface area is 141 Å². The molecule has 0 saturated carbocycles. The molecule has 2 N–H and O–H groups in total. The lowest BCUT2D eigenvalue weighted by Gasteiger charge is -2.08. The highest BCUT2D eigenvalue weighted by Crippen LogP contribution is 2.26. The van der Waals surface area contributed by atoms with Crippen LogP contribution in [-0.4, -0.2) is 31.8 Å². The summed E-state index contributed by atoms with van der Waals surface area (Å²) < 4.78 is 10.3. The van der Waals surface area contributed by atoms with Gasteiger partial charge in [0.25, 0.3) is 0 Å². The van der Waals surface area contributed by atoms with E-state index in [0.29, 0.717) is 18.7 Å². The van der Waals surface area contributed by atoms with Crippen LogP contribution < -0.4 is 14.8 Å². The molecule has 0 aromatic heterocycles. The van der Waals surface area contributed by atoms with Crippen LogP contribution in [0, 0.1) is 0 Å². The lowest BCUT2D eigenvalue weighted by Crippen LogP contribution is -2.23. The molecule has 2 aromatic carbocycles. The molecule has 2 rings (SSSR count). The van der Waals surface area contributed by atoms with Crippen molar-refractivity contribution in [3.63, 3.8) is 0 Å². The van der Waals surface area contributed by atoms with Crippen molar-refractivity contribution in [2.75, 3.05) is 20.8 Å². The van der Waals surface area contributed by atoms with Crippen molar-refractivity contribution in [2.24, 2.45) is 0 Å². The molecule has 0 bridgehead atoms. The molecule has 0 fully saturated rings. The van der Waals surface area contributed by atoms with Crippen LogP contribution in [0.5, 0.6) is 17.2 Å². The zero-order chi connectivity index (χ0) is 17.4. The highest BCUT2D eigenvalue weighted by Gasteiger charge is 2.03. The normalized spacial score (nSPS) is 10.6. The summed E-state index contributed by atoms with van der Waals surface area (Å²) in [6.07, 6.45) is 3.81. The number of nitrogens with one attached hydrogen (secondary N) is 1. The number of benzene rings is 2. The third kappa shape index (κ3) is 4.78. The zero-order valence-electron chi connectivity index (χ0n) is 13.8. The molecule has 0 aliphatic heterocycles. The molecule has 5 nitrogen and oxygen atoms in total. The van der Waals surface area contributed by atoms with Crippen molar-refractivity contribution in [3.05, 3.63) is 59.7 Å². The Bertz CT molecular complexity index is 725. The number of phenols is 1. The summed E-state index contributed by atoms with van der Waals surface area (Å²) in [6, 6.07) is 12.6. The van der Waals surface area contributed by atoms with Gasteiger partial charge < -0.3 is 19.9 Å². The highest BCUT2D eigenvalue weighted by molar-refractivity contribution is 5.91. The first-order valence-corrected chi connectivity index (χ1v) is 7.59. The van der Waals surface area contributed by atoms with E-state index >= 15 is 0 Å². The minimum absolute atomic E-state index is 0.0657. The Morgan fingerprint density at radius 3 is 2.62 bits per heavy atom. The van der Waals surface area contributed by atoms with Gasteiger partial charge >= 0.3 is 0 Å². The van der Waals surface area contributed by atoms with Crippen LogP contribution in [0.3, 0.4) is 0 Å². The number of methoxy groups -OCH3 is 2. The number of ether oxygens (including phenoxy) is 2. The fourth-order valence-electron chi connectivity index (χ4n) is 2.26. The van der Waals surface area contributed by atoms with E-state index in [1.54, 1.807) is 25.3 Å². The van der Waals surface area contributed by atoms with E-state index < -0.39 is 0 Å². The molecule has 0 unspecified atom stereocenters. The minimum Gasteiger partial charge on any atom is -0.504 e. The average Bonchev–Trinajstić information content (AvgIpc) is 2.61. The van der Waals surface area contributed by atoms with Gasteiger partial charge in [0.2, 0.25) is 5.91 Å². The van der Waals surface area contributed by atoms with E-state index in [0.717, 1.165) is 16.9 Å². The van der Waals surface area contributed by atoms with Gasteiger partial charge in [-0.3, -0.25) is 4.79 Å². The van der Waals surface area contributed by atoms with E-state index in [-0.39, 0.29) is 11.7 Å². The molecule has 0 heterocycles. The monoisotopic (exact) mass is 327 g/mol. The molecule has 0 aliphatic rings. The quantitative estimate of drug-likeness (QED) is 0.767. The third-order valence-electron chi connectivity index (χ3n) is 3.52. The van der Waals surface area contributed by atoms with Crippen molar-refractivity contribution < 1.29 is 19.4 Å². The number of hydrogen-bond acceptors (Lipinski definition) is 4. The number of aromatic hydroxyl groups is 1. The van der Waals surface area contributed by atoms with Crippen LogP contribution in [0.25, 0.3) is 6.08 Å². The Morgan fingerprint density at radius 1 is 1.12 bits per heavy atom. The second kappa shape index (κ2) is 8.62. The predicted octanol–water partition coefficient (Wildman–Crippen LogP) is 2.78. The van der Waals surface area contributed by atoms with Gasteiger partial charge in [0.1, 0.15) is 5.75 Å². The number of phenolic OH excluding ortho intramolecular Hbond substituents is 1. The summed E-state index contributed by atoms with van der Waals surface area (Å²) in [5.41, 5.74) is 1.82. The van der Waals surface area contributed by atoms with Gasteiger partial charge in [-0.2, -0.15) is 0 Å². The minimum atomic E-state index is -0.183. The molecule has 24 heavy (non-hydrogen) atoms. The second-order valence-electron chi connectivity index (χ2n) is 5.12. The first-order chi connectivity index (χ1) is 11.6. The summed E-state index contributed by atoms with van der Waals surface area (Å²) >= 11 is 0. The fourth-order valence-corrected chi connectivity index (χ4v) is 2.26. The molecule has 0 spiro atoms. The second-order valence-corrected chi connectivity index (χ2v) is 5.12. The number of rotatable bonds is 7. The molecule has 0 radical (unpaired) electrons. The maximum atomic E-state index is 11.9. The lowest BCUT2D eigenvalue weighted by molar-refractivity contribution is -0.116. The topological polar surface area (TPSA) is 67.8 Å². The van der Waals surface area contributed by atoms with Gasteiger partial charge in [0.05, 0.1) is 14.2 Å². The van der Waals surface area contributed by atoms with Crippen LogP contribution in [0.2, 0.25) is 0 Å². The zero-order valence-corrected chi connectivity index (χ0v) is 13.8. The maximum absolute atomic E-state index is 11.9. The van der Waals surface area contributed by atoms with E-state index in [9.17, 15) is 9.90 Å². The van der Waals surface area contributed by atoms with Crippen LogP contribution in [-0.2, 0) is 11.2 Å². The lowest BCUT2D eigenvalue weighted by atomic mass is 10.1. The summed E-state index contributed by atoms with van der Waals surface area (Å²) in [6.45, 7) is 0.516. The Hall–Kier alpha value is -2.95. The Morgan fingerprint density at radius 2 is 1.88 bits per heavy atom. The van der Waals surface area contributed by atoms with Gasteiger partial charge in [0, 0.05) is 12.6 Å². The molecule has 0 saturated heterocycles. The van der Waals surface area contributed by atoms with Crippen molar-refractivity contribution in [1.29, 1.82) is 0 Å². The van der Waals surface area contributed by atoms with Gasteiger partial charge in [-0.1, -0.05) is 24.3 Å². The van der Waals surface area contributed by atoms with Gasteiger partial charge in [-0.05, 0) is 41.8 Å². The number of amides is 1. The molecular formula is C19H21NO4. The van der Waals surface area contributed by atoms with Crippen molar-refractivity contribution in [3.8, 4) is 17.2 Å². The Balaban J connectivity index is 1.87. The predicted molar refractivity (Wildman–Crippen MR) is 93.4 cm³/mol. The fraction of sp³-hybridized carbons (Fsp3) is 0.211. The maximum Gasteiger partial charge on any atom is 0.244 e. The van der Waals surface area contributed by atoms with Crippen LogP contribution in [0.15, 0.2) is 48.5 Å². The van der Waals surface area contributed by atoms with Gasteiger partial charge in [-0.15, -0.1) is 0 Å². The molecule has 1 amide bonds. The smallest absolute Gasteiger partial charge is 0.244 e. The number of para-hydroxylation sites is 1. The van der Waals surface area contributed by atoms with Crippen LogP contribution >= 0.6 is 0 Å². The summed E-state index contributed by atoms with van der Waals surface area (Å²) in [5.74, 6) is 1.07. The molecular weight excluding hydrogens is 306 g/mol. The largest absolute Gasteiger partial charge is 0.504 e. The number of carbonyl (C=O) groups is 1. The molecule has 2 aromatic rings. The number of hydrogen-bond donors (Lipinski definition) is 2. The standard InChI is InChI=1S/C19H21NO4/c1-23-17-6-4-3-5-15(17)11-12-20-19(22)10-8-14-7-9-16(21)18(13-14)24-2/h3-10,13,21H,11-12H2,1-2H3,(H,20,22)/b10-8+. The van der Waals surface area contributed by atoms with Crippen molar-refractivity contribution >= 4 is 12.0 Å². The van der Waals surface area contributed by atoms with Crippen LogP contribution in [0.4, 0.5) is 0 Å². The summed E-state index contributed by atoms with van der Waals surface area (Å²) in [4.78, 5) is 11.9. The molecule has 0 aliphatic carbocycles. The van der Waals surface area contributed by atoms with E-state index in [1.807, 2.05) is 24.3 Å². The van der Waals surface area contributed by atoms with Crippen molar-refractivity contribution in [2.45, 2.75) is 6.42 Å². The molecule has 0 atom stereocenters. The molecule has 5 heteroatoms. The summed E-state index contributed by atoms with van der Waals surface area (Å²) in [7, 11) is 3.11. The van der Waals surface area contributed by atoms with Gasteiger partial charge in [0.15, 0.2) is 11.5 Å². The van der Waals surface area contributed by atoms with Crippen LogP contribution in [0.1, 0.15) is 11.1 Å². The van der Waals surface area contributed by atoms with E-state index in [4.69, 9.17) is 9.47 Å². The first-order valence-electron chi connectivity index (χ1n) is 7.59. The van der Waals surface area contributed by atoms with E-state index in [2.05, 4.69) is 5.32 Å². The Kier molecular flexibility index (Phi) is 6.25. The highest BCUT2D eigenvalue weighted by atomic mass is 16.5. The first kappa shape index (κ1) is 17.4. The van der Waals surface area contributed by atoms with Gasteiger partial charge in [-0.25, -0.2) is 0 Å².